The smallest absolute Gasteiger partial charge is 0.434 e. The van der Waals surface area contributed by atoms with Crippen LogP contribution in [-0.2, 0) is 14.2 Å². The van der Waals surface area contributed by atoms with E-state index in [4.69, 9.17) is 39.9 Å². The maximum Gasteiger partial charge on any atom is 0.510 e. The first-order chi connectivity index (χ1) is 9.38. The molecule has 0 aromatic carbocycles. The number of aliphatic hydroxyl groups excluding tert-OH is 1. The van der Waals surface area contributed by atoms with Crippen molar-refractivity contribution in [2.75, 3.05) is 0 Å². The van der Waals surface area contributed by atoms with E-state index >= 15 is 0 Å². The standard InChI is InChI=1S/C6H11ClO3.C3H4Cl2O2.C3H8O/c1-4(2)9-6(8)10-5(3)7;1-2(4)7-3(5)6;1-3(2)4/h4-5H,1-3H3;2H,1H3;3-4H,1-2H3. The van der Waals surface area contributed by atoms with Crippen LogP contribution in [0.5, 0.6) is 0 Å². The molecule has 6 nitrogen and oxygen atoms in total. The quantitative estimate of drug-likeness (QED) is 0.449. The number of ether oxygens (including phenoxy) is 3. The highest BCUT2D eigenvalue weighted by molar-refractivity contribution is 6.61. The number of hydrogen-bond acceptors (Lipinski definition) is 6. The molecule has 0 aromatic heterocycles. The summed E-state index contributed by atoms with van der Waals surface area (Å²) in [5, 5.41) is 8.06. The molecule has 0 bridgehead atoms. The van der Waals surface area contributed by atoms with Gasteiger partial charge in [-0.05, 0) is 41.5 Å². The van der Waals surface area contributed by atoms with Crippen molar-refractivity contribution < 1.29 is 28.9 Å². The van der Waals surface area contributed by atoms with Gasteiger partial charge >= 0.3 is 11.6 Å². The van der Waals surface area contributed by atoms with Crippen LogP contribution in [0.4, 0.5) is 9.59 Å². The third kappa shape index (κ3) is 45.1. The lowest BCUT2D eigenvalue weighted by molar-refractivity contribution is 0.0297. The van der Waals surface area contributed by atoms with Gasteiger partial charge in [-0.3, -0.25) is 0 Å². The Balaban J connectivity index is -0.000000256. The van der Waals surface area contributed by atoms with Crippen LogP contribution >= 0.6 is 34.8 Å². The van der Waals surface area contributed by atoms with Crippen LogP contribution in [0.2, 0.25) is 0 Å². The predicted octanol–water partition coefficient (Wildman–Crippen LogP) is 4.47. The second-order valence-corrected chi connectivity index (χ2v) is 5.61. The van der Waals surface area contributed by atoms with Gasteiger partial charge in [-0.15, -0.1) is 0 Å². The Morgan fingerprint density at radius 1 is 0.857 bits per heavy atom. The number of carbonyl (C=O) groups excluding carboxylic acids is 2. The van der Waals surface area contributed by atoms with Gasteiger partial charge in [-0.1, -0.05) is 23.2 Å². The van der Waals surface area contributed by atoms with Crippen molar-refractivity contribution in [3.8, 4) is 0 Å². The van der Waals surface area contributed by atoms with E-state index in [1.54, 1.807) is 34.6 Å². The van der Waals surface area contributed by atoms with Gasteiger partial charge in [0.1, 0.15) is 0 Å². The molecule has 0 aromatic rings. The molecular weight excluding hydrogens is 346 g/mol. The summed E-state index contributed by atoms with van der Waals surface area (Å²) in [4.78, 5) is 20.2. The summed E-state index contributed by atoms with van der Waals surface area (Å²) >= 11 is 15.2. The largest absolute Gasteiger partial charge is 0.510 e. The lowest BCUT2D eigenvalue weighted by Gasteiger charge is -2.08. The number of alkyl halides is 2. The Bertz CT molecular complexity index is 255. The van der Waals surface area contributed by atoms with Crippen molar-refractivity contribution in [1.29, 1.82) is 0 Å². The van der Waals surface area contributed by atoms with Crippen molar-refractivity contribution in [3.05, 3.63) is 0 Å². The molecule has 2 atom stereocenters. The summed E-state index contributed by atoms with van der Waals surface area (Å²) in [5.74, 6) is 0. The average molecular weight is 370 g/mol. The monoisotopic (exact) mass is 368 g/mol. The molecule has 9 heteroatoms. The Labute approximate surface area is 140 Å². The van der Waals surface area contributed by atoms with E-state index in [1.807, 2.05) is 0 Å². The van der Waals surface area contributed by atoms with Crippen LogP contribution < -0.4 is 0 Å². The van der Waals surface area contributed by atoms with Crippen LogP contribution in [0.15, 0.2) is 0 Å². The first kappa shape index (κ1) is 25.5. The zero-order valence-corrected chi connectivity index (χ0v) is 15.2. The average Bonchev–Trinajstić information content (AvgIpc) is 2.10. The Hall–Kier alpha value is -0.430. The minimum Gasteiger partial charge on any atom is -0.434 e. The highest BCUT2D eigenvalue weighted by Gasteiger charge is 2.08. The van der Waals surface area contributed by atoms with Gasteiger partial charge < -0.3 is 19.3 Å². The van der Waals surface area contributed by atoms with Crippen LogP contribution in [0, 0.1) is 0 Å². The van der Waals surface area contributed by atoms with Gasteiger partial charge in [0, 0.05) is 17.7 Å². The molecule has 0 aliphatic heterocycles. The fourth-order valence-corrected chi connectivity index (χ4v) is 0.813. The first-order valence-electron chi connectivity index (χ1n) is 6.08. The maximum absolute atomic E-state index is 10.5. The van der Waals surface area contributed by atoms with E-state index in [9.17, 15) is 9.59 Å². The van der Waals surface area contributed by atoms with Gasteiger partial charge in [0.05, 0.1) is 6.10 Å². The van der Waals surface area contributed by atoms with E-state index in [0.29, 0.717) is 0 Å². The van der Waals surface area contributed by atoms with Crippen molar-refractivity contribution >= 4 is 46.4 Å². The molecule has 0 radical (unpaired) electrons. The molecular formula is C12H23Cl3O6. The summed E-state index contributed by atoms with van der Waals surface area (Å²) in [6.45, 7) is 9.96. The normalized spacial score (nSPS) is 12.2. The number of rotatable bonds is 3. The molecule has 0 saturated heterocycles. The zero-order chi connectivity index (χ0) is 17.6. The fraction of sp³-hybridized carbons (Fsp3) is 0.833. The number of aliphatic hydroxyl groups is 1. The molecule has 0 heterocycles. The van der Waals surface area contributed by atoms with E-state index in [-0.39, 0.29) is 12.2 Å². The van der Waals surface area contributed by atoms with Crippen LogP contribution in [0.25, 0.3) is 0 Å². The SMILES string of the molecule is CC(C)O.CC(C)OC(=O)OC(C)Cl.CC(Cl)OC(=O)Cl. The van der Waals surface area contributed by atoms with Crippen molar-refractivity contribution in [1.82, 2.24) is 0 Å². The second-order valence-electron chi connectivity index (χ2n) is 4.07. The molecule has 2 unspecified atom stereocenters. The number of carbonyl (C=O) groups is 2. The van der Waals surface area contributed by atoms with E-state index in [1.165, 1.54) is 6.92 Å². The minimum atomic E-state index is -0.873. The molecule has 0 rings (SSSR count). The molecule has 0 fully saturated rings. The van der Waals surface area contributed by atoms with Gasteiger partial charge in [0.2, 0.25) is 0 Å². The summed E-state index contributed by atoms with van der Waals surface area (Å²) in [6.07, 6.45) is -1.06. The van der Waals surface area contributed by atoms with Crippen molar-refractivity contribution in [2.24, 2.45) is 0 Å². The lowest BCUT2D eigenvalue weighted by Crippen LogP contribution is -2.15. The van der Waals surface area contributed by atoms with E-state index in [0.717, 1.165) is 0 Å². The topological polar surface area (TPSA) is 82.1 Å². The lowest BCUT2D eigenvalue weighted by atomic mass is 10.5. The molecule has 1 N–H and O–H groups in total. The Morgan fingerprint density at radius 2 is 1.19 bits per heavy atom. The first-order valence-corrected chi connectivity index (χ1v) is 7.33. The van der Waals surface area contributed by atoms with Crippen molar-refractivity contribution in [3.63, 3.8) is 0 Å². The van der Waals surface area contributed by atoms with Gasteiger partial charge in [-0.2, -0.15) is 0 Å². The third-order valence-electron chi connectivity index (χ3n) is 0.846. The highest BCUT2D eigenvalue weighted by atomic mass is 35.5. The molecule has 21 heavy (non-hydrogen) atoms. The van der Waals surface area contributed by atoms with Crippen LogP contribution in [0.3, 0.4) is 0 Å². The minimum absolute atomic E-state index is 0.164. The molecule has 0 spiro atoms. The van der Waals surface area contributed by atoms with E-state index < -0.39 is 22.7 Å². The van der Waals surface area contributed by atoms with Crippen LogP contribution in [0.1, 0.15) is 41.5 Å². The summed E-state index contributed by atoms with van der Waals surface area (Å²) < 4.78 is 13.2. The predicted molar refractivity (Wildman–Crippen MR) is 83.0 cm³/mol. The summed E-state index contributed by atoms with van der Waals surface area (Å²) in [5.41, 5.74) is -2.14. The van der Waals surface area contributed by atoms with Gasteiger partial charge in [0.15, 0.2) is 11.1 Å². The Morgan fingerprint density at radius 3 is 1.33 bits per heavy atom. The molecule has 0 amide bonds. The molecule has 0 aliphatic rings. The maximum atomic E-state index is 10.5. The number of hydrogen-bond donors (Lipinski definition) is 1. The van der Waals surface area contributed by atoms with Gasteiger partial charge in [-0.25, -0.2) is 9.59 Å². The van der Waals surface area contributed by atoms with Gasteiger partial charge in [0.25, 0.3) is 0 Å². The highest BCUT2D eigenvalue weighted by Crippen LogP contribution is 2.00. The molecule has 0 aliphatic carbocycles. The Kier molecular flexibility index (Phi) is 19.4. The van der Waals surface area contributed by atoms with Crippen LogP contribution in [-0.4, -0.2) is 40.0 Å². The second kappa shape index (κ2) is 15.9. The molecule has 128 valence electrons. The fourth-order valence-electron chi connectivity index (χ4n) is 0.480. The molecule has 0 saturated carbocycles. The summed E-state index contributed by atoms with van der Waals surface area (Å²) in [7, 11) is 0. The zero-order valence-electron chi connectivity index (χ0n) is 12.9. The summed E-state index contributed by atoms with van der Waals surface area (Å²) in [6, 6.07) is 0. The third-order valence-corrected chi connectivity index (χ3v) is 1.11. The number of halogens is 3. The van der Waals surface area contributed by atoms with Crippen molar-refractivity contribution in [2.45, 2.75) is 64.9 Å². The van der Waals surface area contributed by atoms with E-state index in [2.05, 4.69) is 14.2 Å².